The van der Waals surface area contributed by atoms with Crippen molar-refractivity contribution in [2.24, 2.45) is 5.92 Å². The first-order valence-electron chi connectivity index (χ1n) is 10.6. The number of imide groups is 1. The minimum atomic E-state index is -0.124. The van der Waals surface area contributed by atoms with Gasteiger partial charge in [-0.25, -0.2) is 0 Å². The van der Waals surface area contributed by atoms with Gasteiger partial charge in [0.05, 0.1) is 0 Å². The number of carbonyl (C=O) groups is 3. The normalized spacial score (nSPS) is 15.7. The van der Waals surface area contributed by atoms with Crippen molar-refractivity contribution < 1.29 is 14.4 Å². The fourth-order valence-corrected chi connectivity index (χ4v) is 4.42. The number of amides is 2. The van der Waals surface area contributed by atoms with Crippen LogP contribution in [0.4, 0.5) is 0 Å². The second-order valence-corrected chi connectivity index (χ2v) is 8.56. The first kappa shape index (κ1) is 23.2. The zero-order valence-corrected chi connectivity index (χ0v) is 17.6. The fraction of sp³-hybridized carbons (Fsp3) is 0.857. The van der Waals surface area contributed by atoms with Crippen LogP contribution in [0.25, 0.3) is 0 Å². The van der Waals surface area contributed by atoms with Gasteiger partial charge in [-0.15, -0.1) is 0 Å². The third-order valence-corrected chi connectivity index (χ3v) is 6.04. The van der Waals surface area contributed by atoms with Crippen LogP contribution >= 0.6 is 11.8 Å². The van der Waals surface area contributed by atoms with E-state index in [-0.39, 0.29) is 22.8 Å². The Morgan fingerprint density at radius 1 is 0.885 bits per heavy atom. The minimum absolute atomic E-state index is 0.0921. The Morgan fingerprint density at radius 2 is 1.38 bits per heavy atom. The van der Waals surface area contributed by atoms with Crippen LogP contribution in [-0.2, 0) is 14.4 Å². The van der Waals surface area contributed by atoms with Gasteiger partial charge < -0.3 is 0 Å². The fourth-order valence-electron chi connectivity index (χ4n) is 3.49. The van der Waals surface area contributed by atoms with Crippen molar-refractivity contribution in [1.82, 2.24) is 4.90 Å². The van der Waals surface area contributed by atoms with Crippen molar-refractivity contribution in [2.75, 3.05) is 12.3 Å². The molecule has 0 spiro atoms. The van der Waals surface area contributed by atoms with E-state index in [0.717, 1.165) is 12.2 Å². The molecule has 0 aromatic rings. The van der Waals surface area contributed by atoms with Gasteiger partial charge in [0, 0.05) is 31.6 Å². The molecule has 0 aliphatic carbocycles. The van der Waals surface area contributed by atoms with Crippen LogP contribution < -0.4 is 0 Å². The molecule has 150 valence electrons. The van der Waals surface area contributed by atoms with Gasteiger partial charge in [0.2, 0.25) is 11.8 Å². The zero-order chi connectivity index (χ0) is 19.2. The number of hydrogen-bond acceptors (Lipinski definition) is 4. The smallest absolute Gasteiger partial charge is 0.229 e. The van der Waals surface area contributed by atoms with E-state index in [1.54, 1.807) is 0 Å². The van der Waals surface area contributed by atoms with Gasteiger partial charge in [-0.1, -0.05) is 76.5 Å². The molecule has 0 saturated carbocycles. The van der Waals surface area contributed by atoms with Crippen LogP contribution in [0.5, 0.6) is 0 Å². The Labute approximate surface area is 163 Å². The summed E-state index contributed by atoms with van der Waals surface area (Å²) in [7, 11) is 0. The van der Waals surface area contributed by atoms with Crippen LogP contribution in [-0.4, -0.2) is 34.1 Å². The maximum Gasteiger partial charge on any atom is 0.229 e. The van der Waals surface area contributed by atoms with E-state index in [4.69, 9.17) is 0 Å². The molecule has 2 amide bonds. The SMILES string of the molecule is CCCCCCCCCCCCSC(=O)CC1CC(=O)N(CC)C(=O)C1. The molecule has 26 heavy (non-hydrogen) atoms. The van der Waals surface area contributed by atoms with Crippen LogP contribution in [0.1, 0.15) is 97.3 Å². The van der Waals surface area contributed by atoms with Gasteiger partial charge in [-0.2, -0.15) is 0 Å². The molecule has 0 unspecified atom stereocenters. The molecule has 0 radical (unpaired) electrons. The molecule has 1 aliphatic heterocycles. The van der Waals surface area contributed by atoms with Crippen molar-refractivity contribution >= 4 is 28.7 Å². The van der Waals surface area contributed by atoms with Gasteiger partial charge in [-0.05, 0) is 19.3 Å². The van der Waals surface area contributed by atoms with E-state index in [9.17, 15) is 14.4 Å². The number of nitrogens with zero attached hydrogens (tertiary/aromatic N) is 1. The number of rotatable bonds is 14. The van der Waals surface area contributed by atoms with Crippen LogP contribution in [0.15, 0.2) is 0 Å². The number of carbonyl (C=O) groups excluding carboxylic acids is 3. The number of unbranched alkanes of at least 4 members (excludes halogenated alkanes) is 9. The van der Waals surface area contributed by atoms with Crippen molar-refractivity contribution in [2.45, 2.75) is 97.3 Å². The van der Waals surface area contributed by atoms with Crippen LogP contribution in [0.2, 0.25) is 0 Å². The second-order valence-electron chi connectivity index (χ2n) is 7.41. The molecular weight excluding hydrogens is 346 g/mol. The van der Waals surface area contributed by atoms with Gasteiger partial charge in [0.15, 0.2) is 5.12 Å². The maximum atomic E-state index is 12.1. The van der Waals surface area contributed by atoms with Crippen molar-refractivity contribution in [3.63, 3.8) is 0 Å². The Balaban J connectivity index is 1.99. The maximum absolute atomic E-state index is 12.1. The van der Waals surface area contributed by atoms with E-state index < -0.39 is 0 Å². The summed E-state index contributed by atoms with van der Waals surface area (Å²) in [4.78, 5) is 37.1. The lowest BCUT2D eigenvalue weighted by molar-refractivity contribution is -0.149. The molecule has 5 heteroatoms. The lowest BCUT2D eigenvalue weighted by Gasteiger charge is -2.28. The first-order chi connectivity index (χ1) is 12.6. The Bertz CT molecular complexity index is 421. The highest BCUT2D eigenvalue weighted by Gasteiger charge is 2.32. The molecular formula is C21H37NO3S. The molecule has 1 heterocycles. The molecule has 0 aromatic heterocycles. The summed E-state index contributed by atoms with van der Waals surface area (Å²) in [6.07, 6.45) is 14.0. The molecule has 1 fully saturated rings. The minimum Gasteiger partial charge on any atom is -0.287 e. The quantitative estimate of drug-likeness (QED) is 0.300. The molecule has 0 bridgehead atoms. The molecule has 0 aromatic carbocycles. The summed E-state index contributed by atoms with van der Waals surface area (Å²) >= 11 is 1.38. The third kappa shape index (κ3) is 9.75. The van der Waals surface area contributed by atoms with E-state index in [1.807, 2.05) is 6.92 Å². The Morgan fingerprint density at radius 3 is 1.88 bits per heavy atom. The number of piperidine rings is 1. The predicted octanol–water partition coefficient (Wildman–Crippen LogP) is 5.34. The van der Waals surface area contributed by atoms with Crippen molar-refractivity contribution in [3.8, 4) is 0 Å². The second kappa shape index (κ2) is 14.2. The van der Waals surface area contributed by atoms with Crippen molar-refractivity contribution in [1.29, 1.82) is 0 Å². The highest BCUT2D eigenvalue weighted by Crippen LogP contribution is 2.25. The number of hydrogen-bond donors (Lipinski definition) is 0. The van der Waals surface area contributed by atoms with Crippen LogP contribution in [0.3, 0.4) is 0 Å². The van der Waals surface area contributed by atoms with E-state index in [0.29, 0.717) is 25.8 Å². The predicted molar refractivity (Wildman–Crippen MR) is 109 cm³/mol. The Kier molecular flexibility index (Phi) is 12.7. The molecule has 0 atom stereocenters. The number of likely N-dealkylation sites (tertiary alicyclic amines) is 1. The van der Waals surface area contributed by atoms with E-state index in [2.05, 4.69) is 6.92 Å². The summed E-state index contributed by atoms with van der Waals surface area (Å²) in [6, 6.07) is 0. The third-order valence-electron chi connectivity index (χ3n) is 5.06. The van der Waals surface area contributed by atoms with Crippen LogP contribution in [0, 0.1) is 5.92 Å². The van der Waals surface area contributed by atoms with Gasteiger partial charge in [0.25, 0.3) is 0 Å². The average molecular weight is 384 g/mol. The standard InChI is InChI=1S/C21H37NO3S/c1-3-5-6-7-8-9-10-11-12-13-14-26-21(25)17-18-15-19(23)22(4-2)20(24)16-18/h18H,3-17H2,1-2H3. The monoisotopic (exact) mass is 383 g/mol. The number of thioether (sulfide) groups is 1. The van der Waals surface area contributed by atoms with E-state index in [1.165, 1.54) is 74.4 Å². The average Bonchev–Trinajstić information content (AvgIpc) is 2.59. The zero-order valence-electron chi connectivity index (χ0n) is 16.8. The summed E-state index contributed by atoms with van der Waals surface area (Å²) in [6.45, 7) is 4.49. The molecule has 0 N–H and O–H groups in total. The first-order valence-corrected chi connectivity index (χ1v) is 11.6. The van der Waals surface area contributed by atoms with E-state index >= 15 is 0 Å². The Hall–Kier alpha value is -0.840. The summed E-state index contributed by atoms with van der Waals surface area (Å²) in [5, 5.41) is 0.136. The summed E-state index contributed by atoms with van der Waals surface area (Å²) in [5.41, 5.74) is 0. The topological polar surface area (TPSA) is 54.5 Å². The molecule has 4 nitrogen and oxygen atoms in total. The van der Waals surface area contributed by atoms with Gasteiger partial charge in [0.1, 0.15) is 0 Å². The summed E-state index contributed by atoms with van der Waals surface area (Å²) in [5.74, 6) is 0.526. The highest BCUT2D eigenvalue weighted by molar-refractivity contribution is 8.13. The largest absolute Gasteiger partial charge is 0.287 e. The van der Waals surface area contributed by atoms with Crippen molar-refractivity contribution in [3.05, 3.63) is 0 Å². The van der Waals surface area contributed by atoms with Gasteiger partial charge >= 0.3 is 0 Å². The molecule has 1 saturated heterocycles. The summed E-state index contributed by atoms with van der Waals surface area (Å²) < 4.78 is 0. The molecule has 1 aliphatic rings. The molecule has 1 rings (SSSR count). The van der Waals surface area contributed by atoms with Gasteiger partial charge in [-0.3, -0.25) is 19.3 Å². The lowest BCUT2D eigenvalue weighted by Crippen LogP contribution is -2.43. The highest BCUT2D eigenvalue weighted by atomic mass is 32.2. The lowest BCUT2D eigenvalue weighted by atomic mass is 9.93.